The Morgan fingerprint density at radius 1 is 0.905 bits per heavy atom. The summed E-state index contributed by atoms with van der Waals surface area (Å²) >= 11 is 0. The molecule has 0 radical (unpaired) electrons. The van der Waals surface area contributed by atoms with Crippen molar-refractivity contribution in [2.24, 2.45) is 0 Å². The molecule has 0 unspecified atom stereocenters. The van der Waals surface area contributed by atoms with Crippen molar-refractivity contribution in [2.45, 2.75) is 19.9 Å². The molecule has 0 saturated heterocycles. The molecular formula is C18H21NO2. The molecule has 2 aromatic carbocycles. The molecule has 0 amide bonds. The third-order valence-electron chi connectivity index (χ3n) is 3.65. The van der Waals surface area contributed by atoms with Crippen LogP contribution in [0.5, 0.6) is 11.5 Å². The van der Waals surface area contributed by atoms with Crippen molar-refractivity contribution in [3.63, 3.8) is 0 Å². The molecule has 0 bridgehead atoms. The van der Waals surface area contributed by atoms with Crippen LogP contribution in [0.15, 0.2) is 42.5 Å². The Bertz CT molecular complexity index is 593. The minimum atomic E-state index is 0.641. The molecule has 21 heavy (non-hydrogen) atoms. The summed E-state index contributed by atoms with van der Waals surface area (Å²) < 4.78 is 11.1. The van der Waals surface area contributed by atoms with Crippen LogP contribution in [0.3, 0.4) is 0 Å². The fourth-order valence-electron chi connectivity index (χ4n) is 2.41. The van der Waals surface area contributed by atoms with Crippen LogP contribution in [0.1, 0.15) is 16.7 Å². The lowest BCUT2D eigenvalue weighted by Crippen LogP contribution is -2.17. The third kappa shape index (κ3) is 3.76. The van der Waals surface area contributed by atoms with E-state index >= 15 is 0 Å². The van der Waals surface area contributed by atoms with Gasteiger partial charge in [0, 0.05) is 6.54 Å². The number of rotatable bonds is 5. The predicted molar refractivity (Wildman–Crippen MR) is 84.0 cm³/mol. The van der Waals surface area contributed by atoms with E-state index in [9.17, 15) is 0 Å². The standard InChI is InChI=1S/C18H21NO2/c1-14-2-4-16(5-3-14)13-19-9-8-15-6-7-17-18(12-15)21-11-10-20-17/h2-7,12,19H,8-11,13H2,1H3. The highest BCUT2D eigenvalue weighted by molar-refractivity contribution is 5.43. The van der Waals surface area contributed by atoms with Crippen LogP contribution < -0.4 is 14.8 Å². The maximum atomic E-state index is 5.61. The summed E-state index contributed by atoms with van der Waals surface area (Å²) in [7, 11) is 0. The lowest BCUT2D eigenvalue weighted by molar-refractivity contribution is 0.171. The van der Waals surface area contributed by atoms with Gasteiger partial charge in [-0.15, -0.1) is 0 Å². The summed E-state index contributed by atoms with van der Waals surface area (Å²) in [6, 6.07) is 14.8. The molecule has 1 aliphatic heterocycles. The van der Waals surface area contributed by atoms with Crippen LogP contribution >= 0.6 is 0 Å². The van der Waals surface area contributed by atoms with Crippen molar-refractivity contribution in [2.75, 3.05) is 19.8 Å². The highest BCUT2D eigenvalue weighted by atomic mass is 16.6. The van der Waals surface area contributed by atoms with Crippen molar-refractivity contribution < 1.29 is 9.47 Å². The first-order chi connectivity index (χ1) is 10.3. The molecule has 3 rings (SSSR count). The normalized spacial score (nSPS) is 13.2. The fourth-order valence-corrected chi connectivity index (χ4v) is 2.41. The van der Waals surface area contributed by atoms with E-state index in [1.807, 2.05) is 6.07 Å². The van der Waals surface area contributed by atoms with Crippen LogP contribution in [0, 0.1) is 6.92 Å². The molecule has 110 valence electrons. The predicted octanol–water partition coefficient (Wildman–Crippen LogP) is 3.10. The van der Waals surface area contributed by atoms with Crippen LogP contribution in [0.2, 0.25) is 0 Å². The summed E-state index contributed by atoms with van der Waals surface area (Å²) in [6.07, 6.45) is 0.989. The molecule has 3 nitrogen and oxygen atoms in total. The van der Waals surface area contributed by atoms with Crippen molar-refractivity contribution in [3.05, 3.63) is 59.2 Å². The van der Waals surface area contributed by atoms with Crippen LogP contribution in [0.25, 0.3) is 0 Å². The Balaban J connectivity index is 1.48. The average molecular weight is 283 g/mol. The average Bonchev–Trinajstić information content (AvgIpc) is 2.53. The Labute approximate surface area is 125 Å². The van der Waals surface area contributed by atoms with E-state index in [1.165, 1.54) is 16.7 Å². The summed E-state index contributed by atoms with van der Waals surface area (Å²) in [5, 5.41) is 3.48. The summed E-state index contributed by atoms with van der Waals surface area (Å²) in [5.74, 6) is 1.73. The number of hydrogen-bond acceptors (Lipinski definition) is 3. The van der Waals surface area contributed by atoms with Crippen LogP contribution in [-0.2, 0) is 13.0 Å². The van der Waals surface area contributed by atoms with Gasteiger partial charge >= 0.3 is 0 Å². The maximum absolute atomic E-state index is 5.61. The smallest absolute Gasteiger partial charge is 0.161 e. The molecule has 0 aliphatic carbocycles. The topological polar surface area (TPSA) is 30.5 Å². The summed E-state index contributed by atoms with van der Waals surface area (Å²) in [6.45, 7) is 5.25. The van der Waals surface area contributed by atoms with Crippen molar-refractivity contribution >= 4 is 0 Å². The first-order valence-corrected chi connectivity index (χ1v) is 7.46. The van der Waals surface area contributed by atoms with E-state index in [4.69, 9.17) is 9.47 Å². The maximum Gasteiger partial charge on any atom is 0.161 e. The summed E-state index contributed by atoms with van der Waals surface area (Å²) in [4.78, 5) is 0. The Morgan fingerprint density at radius 2 is 1.62 bits per heavy atom. The monoisotopic (exact) mass is 283 g/mol. The molecule has 2 aromatic rings. The van der Waals surface area contributed by atoms with Gasteiger partial charge in [0.25, 0.3) is 0 Å². The van der Waals surface area contributed by atoms with Gasteiger partial charge in [0.1, 0.15) is 13.2 Å². The second kappa shape index (κ2) is 6.64. The van der Waals surface area contributed by atoms with E-state index in [0.717, 1.165) is 31.0 Å². The molecule has 0 atom stereocenters. The molecule has 0 saturated carbocycles. The van der Waals surface area contributed by atoms with Gasteiger partial charge in [-0.1, -0.05) is 35.9 Å². The minimum Gasteiger partial charge on any atom is -0.486 e. The zero-order valence-electron chi connectivity index (χ0n) is 12.4. The largest absolute Gasteiger partial charge is 0.486 e. The van der Waals surface area contributed by atoms with Gasteiger partial charge in [0.05, 0.1) is 0 Å². The van der Waals surface area contributed by atoms with E-state index in [2.05, 4.69) is 48.6 Å². The Morgan fingerprint density at radius 3 is 2.43 bits per heavy atom. The number of ether oxygens (including phenoxy) is 2. The molecule has 0 spiro atoms. The number of nitrogens with one attached hydrogen (secondary N) is 1. The zero-order valence-corrected chi connectivity index (χ0v) is 12.4. The minimum absolute atomic E-state index is 0.641. The Hall–Kier alpha value is -2.00. The van der Waals surface area contributed by atoms with Gasteiger partial charge in [-0.2, -0.15) is 0 Å². The molecule has 0 aromatic heterocycles. The zero-order chi connectivity index (χ0) is 14.5. The highest BCUT2D eigenvalue weighted by Gasteiger charge is 2.11. The number of hydrogen-bond donors (Lipinski definition) is 1. The quantitative estimate of drug-likeness (QED) is 0.855. The van der Waals surface area contributed by atoms with Gasteiger partial charge in [0.2, 0.25) is 0 Å². The van der Waals surface area contributed by atoms with E-state index in [0.29, 0.717) is 13.2 Å². The van der Waals surface area contributed by atoms with Gasteiger partial charge in [0.15, 0.2) is 11.5 Å². The first-order valence-electron chi connectivity index (χ1n) is 7.46. The molecule has 3 heteroatoms. The third-order valence-corrected chi connectivity index (χ3v) is 3.65. The van der Waals surface area contributed by atoms with Crippen molar-refractivity contribution in [1.29, 1.82) is 0 Å². The van der Waals surface area contributed by atoms with E-state index in [-0.39, 0.29) is 0 Å². The van der Waals surface area contributed by atoms with E-state index in [1.54, 1.807) is 0 Å². The van der Waals surface area contributed by atoms with Gasteiger partial charge in [-0.25, -0.2) is 0 Å². The second-order valence-corrected chi connectivity index (χ2v) is 5.39. The lowest BCUT2D eigenvalue weighted by atomic mass is 10.1. The van der Waals surface area contributed by atoms with Gasteiger partial charge in [-0.05, 0) is 43.1 Å². The molecular weight excluding hydrogens is 262 g/mol. The van der Waals surface area contributed by atoms with Crippen LogP contribution in [-0.4, -0.2) is 19.8 Å². The fraction of sp³-hybridized carbons (Fsp3) is 0.333. The lowest BCUT2D eigenvalue weighted by Gasteiger charge is -2.18. The summed E-state index contributed by atoms with van der Waals surface area (Å²) in [5.41, 5.74) is 3.90. The highest BCUT2D eigenvalue weighted by Crippen LogP contribution is 2.30. The van der Waals surface area contributed by atoms with Crippen LogP contribution in [0.4, 0.5) is 0 Å². The number of benzene rings is 2. The number of fused-ring (bicyclic) bond motifs is 1. The Kier molecular flexibility index (Phi) is 4.41. The molecule has 0 fully saturated rings. The molecule has 1 N–H and O–H groups in total. The van der Waals surface area contributed by atoms with Gasteiger partial charge < -0.3 is 14.8 Å². The molecule has 1 heterocycles. The first kappa shape index (κ1) is 14.0. The van der Waals surface area contributed by atoms with Crippen molar-refractivity contribution in [3.8, 4) is 11.5 Å². The second-order valence-electron chi connectivity index (χ2n) is 5.39. The van der Waals surface area contributed by atoms with Crippen molar-refractivity contribution in [1.82, 2.24) is 5.32 Å². The SMILES string of the molecule is Cc1ccc(CNCCc2ccc3c(c2)OCCO3)cc1. The number of aryl methyl sites for hydroxylation is 1. The molecule has 1 aliphatic rings. The van der Waals surface area contributed by atoms with Gasteiger partial charge in [-0.3, -0.25) is 0 Å². The van der Waals surface area contributed by atoms with E-state index < -0.39 is 0 Å².